The predicted molar refractivity (Wildman–Crippen MR) is 59.1 cm³/mol. The largest absolute Gasteiger partial charge is 0.0988 e. The van der Waals surface area contributed by atoms with Crippen molar-refractivity contribution >= 4 is 11.6 Å². The van der Waals surface area contributed by atoms with Gasteiger partial charge in [0.25, 0.3) is 0 Å². The van der Waals surface area contributed by atoms with Crippen LogP contribution in [0, 0.1) is 0 Å². The molecule has 0 radical (unpaired) electrons. The predicted octanol–water partition coefficient (Wildman–Crippen LogP) is 4.01. The van der Waals surface area contributed by atoms with Crippen molar-refractivity contribution in [1.82, 2.24) is 0 Å². The van der Waals surface area contributed by atoms with E-state index in [2.05, 4.69) is 18.7 Å². The van der Waals surface area contributed by atoms with E-state index >= 15 is 0 Å². The van der Waals surface area contributed by atoms with Gasteiger partial charge in [-0.3, -0.25) is 0 Å². The van der Waals surface area contributed by atoms with Gasteiger partial charge in [-0.05, 0) is 36.6 Å². The Hall–Kier alpha value is -1.01. The van der Waals surface area contributed by atoms with Crippen LogP contribution >= 0.6 is 11.6 Å². The second kappa shape index (κ2) is 4.88. The van der Waals surface area contributed by atoms with Crippen molar-refractivity contribution in [2.24, 2.45) is 0 Å². The molecule has 0 amide bonds. The fraction of sp³-hybridized carbons (Fsp3) is 0.167. The molecule has 0 N–H and O–H groups in total. The number of rotatable bonds is 3. The van der Waals surface area contributed by atoms with E-state index in [-0.39, 0.29) is 0 Å². The molecular weight excluding hydrogens is 180 g/mol. The van der Waals surface area contributed by atoms with Crippen LogP contribution < -0.4 is 0 Å². The minimum Gasteiger partial charge on any atom is -0.0988 e. The van der Waals surface area contributed by atoms with Gasteiger partial charge < -0.3 is 0 Å². The van der Waals surface area contributed by atoms with Crippen LogP contribution in [-0.2, 0) is 6.42 Å². The normalized spacial score (nSPS) is 11.4. The van der Waals surface area contributed by atoms with E-state index in [9.17, 15) is 0 Å². The van der Waals surface area contributed by atoms with Crippen LogP contribution in [0.15, 0.2) is 48.6 Å². The lowest BCUT2D eigenvalue weighted by Gasteiger charge is -2.01. The summed E-state index contributed by atoms with van der Waals surface area (Å²) in [6.07, 6.45) is 4.84. The van der Waals surface area contributed by atoms with Crippen molar-refractivity contribution in [2.75, 3.05) is 0 Å². The highest BCUT2D eigenvalue weighted by Gasteiger charge is 1.95. The van der Waals surface area contributed by atoms with Crippen LogP contribution in [0.2, 0.25) is 5.02 Å². The minimum atomic E-state index is 0.789. The molecule has 0 atom stereocenters. The van der Waals surface area contributed by atoms with Crippen LogP contribution in [0.1, 0.15) is 12.5 Å². The smallest absolute Gasteiger partial charge is 0.0408 e. The Morgan fingerprint density at radius 2 is 2.31 bits per heavy atom. The van der Waals surface area contributed by atoms with Gasteiger partial charge >= 0.3 is 0 Å². The number of hydrogen-bond donors (Lipinski definition) is 0. The van der Waals surface area contributed by atoms with Crippen LogP contribution in [0.3, 0.4) is 0 Å². The molecule has 0 heterocycles. The third-order valence-corrected chi connectivity index (χ3v) is 2.17. The molecule has 0 nitrogen and oxygen atoms in total. The first-order valence-electron chi connectivity index (χ1n) is 4.28. The third kappa shape index (κ3) is 3.08. The summed E-state index contributed by atoms with van der Waals surface area (Å²) < 4.78 is 0. The van der Waals surface area contributed by atoms with Gasteiger partial charge in [0.15, 0.2) is 0 Å². The average Bonchev–Trinajstić information content (AvgIpc) is 2.14. The molecule has 0 bridgehead atoms. The summed E-state index contributed by atoms with van der Waals surface area (Å²) in [6, 6.07) is 7.90. The van der Waals surface area contributed by atoms with Gasteiger partial charge in [-0.15, -0.1) is 0 Å². The Labute approximate surface area is 84.5 Å². The van der Waals surface area contributed by atoms with E-state index < -0.39 is 0 Å². The molecule has 0 spiro atoms. The molecule has 1 aromatic rings. The molecule has 0 aliphatic rings. The zero-order valence-corrected chi connectivity index (χ0v) is 8.51. The van der Waals surface area contributed by atoms with Crippen molar-refractivity contribution in [2.45, 2.75) is 13.3 Å². The second-order valence-electron chi connectivity index (χ2n) is 2.87. The van der Waals surface area contributed by atoms with Gasteiger partial charge in [-0.25, -0.2) is 0 Å². The first kappa shape index (κ1) is 10.1. The summed E-state index contributed by atoms with van der Waals surface area (Å²) in [6.45, 7) is 5.76. The molecule has 1 heteroatoms. The minimum absolute atomic E-state index is 0.789. The lowest BCUT2D eigenvalue weighted by molar-refractivity contribution is 1.19. The number of allylic oxidation sites excluding steroid dienone is 3. The fourth-order valence-electron chi connectivity index (χ4n) is 1.17. The molecule has 0 saturated heterocycles. The van der Waals surface area contributed by atoms with E-state index in [0.29, 0.717) is 0 Å². The van der Waals surface area contributed by atoms with Gasteiger partial charge in [0.1, 0.15) is 0 Å². The summed E-state index contributed by atoms with van der Waals surface area (Å²) in [5.41, 5.74) is 2.45. The fourth-order valence-corrected chi connectivity index (χ4v) is 1.39. The standard InChI is InChI=1S/C12H13Cl/c1-3-10(4-2)8-11-6-5-7-12(13)9-11/h3-7,9H,1,8H2,2H3/b10-4+. The van der Waals surface area contributed by atoms with E-state index in [1.54, 1.807) is 0 Å². The molecule has 0 aliphatic heterocycles. The number of hydrogen-bond acceptors (Lipinski definition) is 0. The lowest BCUT2D eigenvalue weighted by atomic mass is 10.1. The first-order chi connectivity index (χ1) is 6.26. The van der Waals surface area contributed by atoms with Gasteiger partial charge in [-0.1, -0.05) is 42.5 Å². The maximum absolute atomic E-state index is 5.87. The average molecular weight is 193 g/mol. The van der Waals surface area contributed by atoms with Crippen LogP contribution in [-0.4, -0.2) is 0 Å². The van der Waals surface area contributed by atoms with Crippen molar-refractivity contribution < 1.29 is 0 Å². The van der Waals surface area contributed by atoms with Gasteiger partial charge in [-0.2, -0.15) is 0 Å². The molecular formula is C12H13Cl. The first-order valence-corrected chi connectivity index (χ1v) is 4.66. The highest BCUT2D eigenvalue weighted by molar-refractivity contribution is 6.30. The maximum atomic E-state index is 5.87. The van der Waals surface area contributed by atoms with Gasteiger partial charge in [0.05, 0.1) is 0 Å². The summed E-state index contributed by atoms with van der Waals surface area (Å²) in [5, 5.41) is 0.789. The second-order valence-corrected chi connectivity index (χ2v) is 3.31. The third-order valence-electron chi connectivity index (χ3n) is 1.93. The van der Waals surface area contributed by atoms with Crippen molar-refractivity contribution in [3.63, 3.8) is 0 Å². The molecule has 0 saturated carbocycles. The van der Waals surface area contributed by atoms with E-state index in [1.807, 2.05) is 31.2 Å². The SMILES string of the molecule is C=C/C(=C\C)Cc1cccc(Cl)c1. The molecule has 0 unspecified atom stereocenters. The number of halogens is 1. The Morgan fingerprint density at radius 3 is 2.85 bits per heavy atom. The van der Waals surface area contributed by atoms with Crippen molar-refractivity contribution in [3.8, 4) is 0 Å². The Morgan fingerprint density at radius 1 is 1.54 bits per heavy atom. The van der Waals surface area contributed by atoms with E-state index in [0.717, 1.165) is 11.4 Å². The van der Waals surface area contributed by atoms with Gasteiger partial charge in [0, 0.05) is 5.02 Å². The van der Waals surface area contributed by atoms with E-state index in [1.165, 1.54) is 11.1 Å². The quantitative estimate of drug-likeness (QED) is 0.635. The van der Waals surface area contributed by atoms with Crippen LogP contribution in [0.5, 0.6) is 0 Å². The summed E-state index contributed by atoms with van der Waals surface area (Å²) in [5.74, 6) is 0. The molecule has 13 heavy (non-hydrogen) atoms. The van der Waals surface area contributed by atoms with Crippen molar-refractivity contribution in [3.05, 3.63) is 59.2 Å². The molecule has 1 aromatic carbocycles. The zero-order valence-electron chi connectivity index (χ0n) is 7.76. The van der Waals surface area contributed by atoms with Crippen LogP contribution in [0.25, 0.3) is 0 Å². The highest BCUT2D eigenvalue weighted by Crippen LogP contribution is 2.14. The molecule has 0 aromatic heterocycles. The summed E-state index contributed by atoms with van der Waals surface area (Å²) in [7, 11) is 0. The number of benzene rings is 1. The topological polar surface area (TPSA) is 0 Å². The van der Waals surface area contributed by atoms with Crippen molar-refractivity contribution in [1.29, 1.82) is 0 Å². The molecule has 0 fully saturated rings. The monoisotopic (exact) mass is 192 g/mol. The van der Waals surface area contributed by atoms with E-state index in [4.69, 9.17) is 11.6 Å². The molecule has 68 valence electrons. The highest BCUT2D eigenvalue weighted by atomic mass is 35.5. The summed E-state index contributed by atoms with van der Waals surface area (Å²) in [4.78, 5) is 0. The summed E-state index contributed by atoms with van der Waals surface area (Å²) >= 11 is 5.87. The van der Waals surface area contributed by atoms with Crippen LogP contribution in [0.4, 0.5) is 0 Å². The van der Waals surface area contributed by atoms with Gasteiger partial charge in [0.2, 0.25) is 0 Å². The Bertz CT molecular complexity index is 324. The maximum Gasteiger partial charge on any atom is 0.0408 e. The zero-order chi connectivity index (χ0) is 9.68. The lowest BCUT2D eigenvalue weighted by Crippen LogP contribution is -1.86. The Balaban J connectivity index is 2.79. The molecule has 0 aliphatic carbocycles. The molecule has 1 rings (SSSR count). The Kier molecular flexibility index (Phi) is 3.78.